The number of nitrogens with zero attached hydrogens (tertiary/aromatic N) is 4. The van der Waals surface area contributed by atoms with Gasteiger partial charge in [-0.15, -0.1) is 0 Å². The lowest BCUT2D eigenvalue weighted by atomic mass is 10.3. The van der Waals surface area contributed by atoms with Gasteiger partial charge in [-0.05, 0) is 24.3 Å². The van der Waals surface area contributed by atoms with Gasteiger partial charge in [0.05, 0.1) is 19.3 Å². The Hall–Kier alpha value is -3.07. The third-order valence-corrected chi connectivity index (χ3v) is 3.38. The van der Waals surface area contributed by atoms with Gasteiger partial charge in [0.1, 0.15) is 24.1 Å². The molecule has 0 fully saturated rings. The zero-order valence-electron chi connectivity index (χ0n) is 12.5. The van der Waals surface area contributed by atoms with Crippen LogP contribution in [0.3, 0.4) is 0 Å². The lowest BCUT2D eigenvalue weighted by molar-refractivity contribution is -0.116. The van der Waals surface area contributed by atoms with Gasteiger partial charge in [0.15, 0.2) is 5.65 Å². The zero-order chi connectivity index (χ0) is 17.1. The number of aliphatic hydroxyl groups is 1. The van der Waals surface area contributed by atoms with Crippen LogP contribution in [0.4, 0.5) is 10.1 Å². The van der Waals surface area contributed by atoms with Crippen molar-refractivity contribution in [3.63, 3.8) is 0 Å². The molecule has 0 aliphatic heterocycles. The molecular formula is C15H14FN5O3. The molecular weight excluding hydrogens is 317 g/mol. The first-order valence-corrected chi connectivity index (χ1v) is 7.15. The standard InChI is InChI=1S/C15H14FN5O3/c16-10-1-3-11(4-2-10)19-13(23)8-20-9-17-14-12(15(20)24)7-18-21(14)5-6-22/h1-4,7,9,22H,5-6,8H2,(H,19,23). The second-order valence-electron chi connectivity index (χ2n) is 5.06. The Morgan fingerprint density at radius 3 is 2.75 bits per heavy atom. The number of aliphatic hydroxyl groups excluding tert-OH is 1. The molecule has 0 saturated heterocycles. The van der Waals surface area contributed by atoms with E-state index in [1.807, 2.05) is 0 Å². The summed E-state index contributed by atoms with van der Waals surface area (Å²) in [5, 5.41) is 15.8. The second-order valence-corrected chi connectivity index (χ2v) is 5.06. The number of benzene rings is 1. The highest BCUT2D eigenvalue weighted by molar-refractivity contribution is 5.90. The Bertz CT molecular complexity index is 932. The topological polar surface area (TPSA) is 102 Å². The van der Waals surface area contributed by atoms with Crippen LogP contribution in [0.15, 0.2) is 41.6 Å². The minimum Gasteiger partial charge on any atom is -0.394 e. The summed E-state index contributed by atoms with van der Waals surface area (Å²) in [4.78, 5) is 28.5. The Morgan fingerprint density at radius 2 is 2.04 bits per heavy atom. The summed E-state index contributed by atoms with van der Waals surface area (Å²) in [5.41, 5.74) is 0.377. The molecule has 3 rings (SSSR count). The molecule has 24 heavy (non-hydrogen) atoms. The third kappa shape index (κ3) is 3.15. The molecule has 0 aliphatic rings. The van der Waals surface area contributed by atoms with Crippen LogP contribution in [0.5, 0.6) is 0 Å². The van der Waals surface area contributed by atoms with E-state index >= 15 is 0 Å². The maximum atomic E-state index is 12.8. The van der Waals surface area contributed by atoms with Crippen LogP contribution in [-0.2, 0) is 17.9 Å². The van der Waals surface area contributed by atoms with Gasteiger partial charge in [-0.3, -0.25) is 14.2 Å². The van der Waals surface area contributed by atoms with E-state index in [9.17, 15) is 14.0 Å². The Kier molecular flexibility index (Phi) is 4.34. The molecule has 3 aromatic rings. The maximum absolute atomic E-state index is 12.8. The number of aromatic nitrogens is 4. The summed E-state index contributed by atoms with van der Waals surface area (Å²) in [6.45, 7) is -0.128. The van der Waals surface area contributed by atoms with E-state index in [4.69, 9.17) is 5.11 Å². The molecule has 0 unspecified atom stereocenters. The Morgan fingerprint density at radius 1 is 1.29 bits per heavy atom. The van der Waals surface area contributed by atoms with Crippen LogP contribution in [0.2, 0.25) is 0 Å². The molecule has 0 spiro atoms. The van der Waals surface area contributed by atoms with E-state index in [1.54, 1.807) is 0 Å². The first-order chi connectivity index (χ1) is 11.6. The van der Waals surface area contributed by atoms with Crippen LogP contribution in [0.1, 0.15) is 0 Å². The van der Waals surface area contributed by atoms with Crippen molar-refractivity contribution in [3.8, 4) is 0 Å². The van der Waals surface area contributed by atoms with Crippen LogP contribution >= 0.6 is 0 Å². The van der Waals surface area contributed by atoms with Crippen LogP contribution in [0, 0.1) is 5.82 Å². The molecule has 9 heteroatoms. The number of amides is 1. The third-order valence-electron chi connectivity index (χ3n) is 3.38. The van der Waals surface area contributed by atoms with E-state index in [0.29, 0.717) is 11.3 Å². The number of halogens is 1. The molecule has 0 bridgehead atoms. The minimum absolute atomic E-state index is 0.123. The van der Waals surface area contributed by atoms with Gasteiger partial charge in [0, 0.05) is 5.69 Å². The average Bonchev–Trinajstić information content (AvgIpc) is 2.97. The zero-order valence-corrected chi connectivity index (χ0v) is 12.5. The highest BCUT2D eigenvalue weighted by Crippen LogP contribution is 2.09. The van der Waals surface area contributed by atoms with Crippen LogP contribution in [0.25, 0.3) is 11.0 Å². The van der Waals surface area contributed by atoms with E-state index < -0.39 is 17.3 Å². The summed E-state index contributed by atoms with van der Waals surface area (Å²) in [6.07, 6.45) is 2.61. The smallest absolute Gasteiger partial charge is 0.264 e. The predicted octanol–water partition coefficient (Wildman–Crippen LogP) is 0.363. The van der Waals surface area contributed by atoms with Gasteiger partial charge in [0.25, 0.3) is 5.56 Å². The fraction of sp³-hybridized carbons (Fsp3) is 0.200. The highest BCUT2D eigenvalue weighted by Gasteiger charge is 2.12. The monoisotopic (exact) mass is 331 g/mol. The van der Waals surface area contributed by atoms with Crippen LogP contribution < -0.4 is 10.9 Å². The van der Waals surface area contributed by atoms with E-state index in [0.717, 1.165) is 4.57 Å². The number of carbonyl (C=O) groups excluding carboxylic acids is 1. The number of nitrogens with one attached hydrogen (secondary N) is 1. The van der Waals surface area contributed by atoms with Crippen molar-refractivity contribution in [2.75, 3.05) is 11.9 Å². The van der Waals surface area contributed by atoms with E-state index in [1.165, 1.54) is 41.5 Å². The van der Waals surface area contributed by atoms with Gasteiger partial charge >= 0.3 is 0 Å². The minimum atomic E-state index is -0.437. The molecule has 1 aromatic carbocycles. The summed E-state index contributed by atoms with van der Waals surface area (Å²) < 4.78 is 15.4. The lowest BCUT2D eigenvalue weighted by Gasteiger charge is -2.07. The molecule has 0 atom stereocenters. The van der Waals surface area contributed by atoms with Gasteiger partial charge in [0.2, 0.25) is 5.91 Å². The maximum Gasteiger partial charge on any atom is 0.264 e. The SMILES string of the molecule is O=C(Cn1cnc2c(cnn2CCO)c1=O)Nc1ccc(F)cc1. The van der Waals surface area contributed by atoms with Crippen molar-refractivity contribution < 1.29 is 14.3 Å². The number of fused-ring (bicyclic) bond motifs is 1. The summed E-state index contributed by atoms with van der Waals surface area (Å²) in [6, 6.07) is 5.31. The molecule has 8 nitrogen and oxygen atoms in total. The van der Waals surface area contributed by atoms with Gasteiger partial charge in [-0.1, -0.05) is 0 Å². The van der Waals surface area contributed by atoms with Gasteiger partial charge in [-0.25, -0.2) is 14.1 Å². The highest BCUT2D eigenvalue weighted by atomic mass is 19.1. The Balaban J connectivity index is 1.79. The molecule has 2 N–H and O–H groups in total. The van der Waals surface area contributed by atoms with Crippen LogP contribution in [-0.4, -0.2) is 37.0 Å². The summed E-state index contributed by atoms with van der Waals surface area (Å²) >= 11 is 0. The van der Waals surface area contributed by atoms with Gasteiger partial charge in [-0.2, -0.15) is 5.10 Å². The van der Waals surface area contributed by atoms with Crippen molar-refractivity contribution in [1.82, 2.24) is 19.3 Å². The number of carbonyl (C=O) groups is 1. The molecule has 1 amide bonds. The fourth-order valence-corrected chi connectivity index (χ4v) is 2.26. The van der Waals surface area contributed by atoms with E-state index in [2.05, 4.69) is 15.4 Å². The van der Waals surface area contributed by atoms with Crippen molar-refractivity contribution in [1.29, 1.82) is 0 Å². The largest absolute Gasteiger partial charge is 0.394 e. The number of rotatable bonds is 5. The van der Waals surface area contributed by atoms with Crippen molar-refractivity contribution >= 4 is 22.6 Å². The fourth-order valence-electron chi connectivity index (χ4n) is 2.26. The van der Waals surface area contributed by atoms with Crippen molar-refractivity contribution in [3.05, 3.63) is 53.0 Å². The average molecular weight is 331 g/mol. The number of hydrogen-bond acceptors (Lipinski definition) is 5. The number of hydrogen-bond donors (Lipinski definition) is 2. The first-order valence-electron chi connectivity index (χ1n) is 7.15. The Labute approximate surface area is 135 Å². The lowest BCUT2D eigenvalue weighted by Crippen LogP contribution is -2.27. The number of anilines is 1. The molecule has 0 radical (unpaired) electrons. The second kappa shape index (κ2) is 6.59. The van der Waals surface area contributed by atoms with E-state index in [-0.39, 0.29) is 25.1 Å². The molecule has 2 heterocycles. The van der Waals surface area contributed by atoms with Gasteiger partial charge < -0.3 is 10.4 Å². The molecule has 0 aliphatic carbocycles. The molecule has 2 aromatic heterocycles. The normalized spacial score (nSPS) is 10.9. The molecule has 0 saturated carbocycles. The first kappa shape index (κ1) is 15.8. The predicted molar refractivity (Wildman–Crippen MR) is 83.9 cm³/mol. The van der Waals surface area contributed by atoms with Crippen molar-refractivity contribution in [2.45, 2.75) is 13.1 Å². The molecule has 124 valence electrons. The quantitative estimate of drug-likeness (QED) is 0.703. The van der Waals surface area contributed by atoms with Crippen molar-refractivity contribution in [2.24, 2.45) is 0 Å². The summed E-state index contributed by atoms with van der Waals surface area (Å²) in [7, 11) is 0. The summed E-state index contributed by atoms with van der Waals surface area (Å²) in [5.74, 6) is -0.841.